The number of para-hydroxylation sites is 1. The van der Waals surface area contributed by atoms with Crippen LogP contribution in [0.3, 0.4) is 0 Å². The maximum absolute atomic E-state index is 12.2. The molecule has 23 heavy (non-hydrogen) atoms. The van der Waals surface area contributed by atoms with Gasteiger partial charge in [-0.1, -0.05) is 18.2 Å². The van der Waals surface area contributed by atoms with Gasteiger partial charge in [0.05, 0.1) is 0 Å². The van der Waals surface area contributed by atoms with E-state index in [1.54, 1.807) is 36.4 Å². The highest BCUT2D eigenvalue weighted by molar-refractivity contribution is 5.89. The Balaban J connectivity index is 1.93. The monoisotopic (exact) mass is 324 g/mol. The van der Waals surface area contributed by atoms with Crippen molar-refractivity contribution in [1.82, 2.24) is 4.90 Å². The molecule has 0 saturated heterocycles. The molecule has 4 nitrogen and oxygen atoms in total. The molecule has 0 bridgehead atoms. The highest BCUT2D eigenvalue weighted by atomic mass is 19.4. The second-order valence-corrected chi connectivity index (χ2v) is 4.84. The first-order valence-corrected chi connectivity index (χ1v) is 6.75. The average molecular weight is 324 g/mol. The summed E-state index contributed by atoms with van der Waals surface area (Å²) in [6, 6.07) is 14.6. The summed E-state index contributed by atoms with van der Waals surface area (Å²) in [6.07, 6.45) is -4.43. The normalized spacial score (nSPS) is 11.0. The van der Waals surface area contributed by atoms with Crippen molar-refractivity contribution in [2.24, 2.45) is 0 Å². The largest absolute Gasteiger partial charge is 0.457 e. The minimum Gasteiger partial charge on any atom is -0.457 e. The number of benzene rings is 2. The van der Waals surface area contributed by atoms with Gasteiger partial charge in [0.1, 0.15) is 18.0 Å². The van der Waals surface area contributed by atoms with E-state index in [-0.39, 0.29) is 0 Å². The van der Waals surface area contributed by atoms with Crippen molar-refractivity contribution >= 4 is 11.7 Å². The van der Waals surface area contributed by atoms with Gasteiger partial charge in [-0.15, -0.1) is 0 Å². The first kappa shape index (κ1) is 16.7. The van der Waals surface area contributed by atoms with Gasteiger partial charge in [-0.2, -0.15) is 13.2 Å². The fourth-order valence-electron chi connectivity index (χ4n) is 1.79. The van der Waals surface area contributed by atoms with Crippen LogP contribution in [0.15, 0.2) is 54.6 Å². The molecule has 7 heteroatoms. The smallest absolute Gasteiger partial charge is 0.406 e. The summed E-state index contributed by atoms with van der Waals surface area (Å²) in [5.41, 5.74) is 0.379. The Bertz CT molecular complexity index is 643. The van der Waals surface area contributed by atoms with E-state index < -0.39 is 18.8 Å². The molecule has 0 aliphatic rings. The maximum Gasteiger partial charge on any atom is 0.406 e. The highest BCUT2D eigenvalue weighted by Gasteiger charge is 2.31. The van der Waals surface area contributed by atoms with E-state index >= 15 is 0 Å². The van der Waals surface area contributed by atoms with Gasteiger partial charge in [0.25, 0.3) is 0 Å². The lowest BCUT2D eigenvalue weighted by atomic mass is 10.3. The predicted molar refractivity (Wildman–Crippen MR) is 80.7 cm³/mol. The van der Waals surface area contributed by atoms with E-state index in [9.17, 15) is 18.0 Å². The Morgan fingerprint density at radius 2 is 1.61 bits per heavy atom. The third-order valence-corrected chi connectivity index (χ3v) is 2.85. The van der Waals surface area contributed by atoms with Crippen LogP contribution in [-0.2, 0) is 0 Å². The second kappa shape index (κ2) is 7.04. The number of alkyl halides is 3. The lowest BCUT2D eigenvalue weighted by Crippen LogP contribution is -2.38. The lowest BCUT2D eigenvalue weighted by Gasteiger charge is -2.19. The lowest BCUT2D eigenvalue weighted by molar-refractivity contribution is -0.137. The van der Waals surface area contributed by atoms with Crippen LogP contribution in [-0.4, -0.2) is 30.7 Å². The van der Waals surface area contributed by atoms with Crippen LogP contribution >= 0.6 is 0 Å². The zero-order valence-electron chi connectivity index (χ0n) is 12.3. The van der Waals surface area contributed by atoms with Crippen LogP contribution in [0.25, 0.3) is 0 Å². The number of halogens is 3. The number of ether oxygens (including phenoxy) is 1. The Kier molecular flexibility index (Phi) is 5.10. The van der Waals surface area contributed by atoms with Crippen molar-refractivity contribution in [2.45, 2.75) is 6.18 Å². The maximum atomic E-state index is 12.2. The number of hydrogen-bond donors (Lipinski definition) is 1. The van der Waals surface area contributed by atoms with Gasteiger partial charge in [0.2, 0.25) is 0 Å². The van der Waals surface area contributed by atoms with E-state index in [0.29, 0.717) is 22.1 Å². The molecule has 1 N–H and O–H groups in total. The van der Waals surface area contributed by atoms with Crippen LogP contribution in [0.2, 0.25) is 0 Å². The van der Waals surface area contributed by atoms with Gasteiger partial charge in [0, 0.05) is 12.7 Å². The summed E-state index contributed by atoms with van der Waals surface area (Å²) in [7, 11) is 1.08. The number of nitrogens with zero attached hydrogens (tertiary/aromatic N) is 1. The fraction of sp³-hybridized carbons (Fsp3) is 0.188. The number of anilines is 1. The minimum atomic E-state index is -4.43. The SMILES string of the molecule is CN(CC(F)(F)F)C(=O)Nc1ccc(Oc2ccccc2)cc1. The number of urea groups is 1. The quantitative estimate of drug-likeness (QED) is 0.899. The molecule has 2 aromatic carbocycles. The van der Waals surface area contributed by atoms with Crippen LogP contribution < -0.4 is 10.1 Å². The molecule has 0 unspecified atom stereocenters. The molecular formula is C16H15F3N2O2. The predicted octanol–water partition coefficient (Wildman–Crippen LogP) is 4.50. The van der Waals surface area contributed by atoms with E-state index in [1.807, 2.05) is 18.2 Å². The molecule has 0 fully saturated rings. The van der Waals surface area contributed by atoms with Gasteiger partial charge in [-0.3, -0.25) is 0 Å². The first-order valence-electron chi connectivity index (χ1n) is 6.75. The highest BCUT2D eigenvalue weighted by Crippen LogP contribution is 2.23. The number of nitrogens with one attached hydrogen (secondary N) is 1. The molecule has 0 aliphatic heterocycles. The summed E-state index contributed by atoms with van der Waals surface area (Å²) in [4.78, 5) is 12.2. The molecule has 2 rings (SSSR count). The van der Waals surface area contributed by atoms with Gasteiger partial charge in [-0.25, -0.2) is 4.79 Å². The summed E-state index contributed by atoms with van der Waals surface area (Å²) >= 11 is 0. The molecule has 0 spiro atoms. The molecule has 0 radical (unpaired) electrons. The number of rotatable bonds is 4. The molecule has 2 aromatic rings. The topological polar surface area (TPSA) is 41.6 Å². The van der Waals surface area contributed by atoms with Crippen molar-refractivity contribution < 1.29 is 22.7 Å². The molecule has 0 aliphatic carbocycles. The van der Waals surface area contributed by atoms with Crippen LogP contribution in [0.5, 0.6) is 11.5 Å². The molecule has 0 heterocycles. The molecule has 2 amide bonds. The molecular weight excluding hydrogens is 309 g/mol. The van der Waals surface area contributed by atoms with Gasteiger partial charge >= 0.3 is 12.2 Å². The van der Waals surface area contributed by atoms with E-state index in [0.717, 1.165) is 7.05 Å². The summed E-state index contributed by atoms with van der Waals surface area (Å²) < 4.78 is 42.3. The molecule has 0 saturated carbocycles. The van der Waals surface area contributed by atoms with Crippen molar-refractivity contribution in [3.8, 4) is 11.5 Å². The van der Waals surface area contributed by atoms with Crippen LogP contribution in [0.4, 0.5) is 23.7 Å². The van der Waals surface area contributed by atoms with Crippen molar-refractivity contribution in [3.63, 3.8) is 0 Å². The van der Waals surface area contributed by atoms with Crippen molar-refractivity contribution in [3.05, 3.63) is 54.6 Å². The number of carbonyl (C=O) groups excluding carboxylic acids is 1. The third kappa shape index (κ3) is 5.54. The minimum absolute atomic E-state index is 0.379. The number of amides is 2. The van der Waals surface area contributed by atoms with Gasteiger partial charge in [0.15, 0.2) is 0 Å². The van der Waals surface area contributed by atoms with E-state index in [1.165, 1.54) is 0 Å². The van der Waals surface area contributed by atoms with Crippen molar-refractivity contribution in [1.29, 1.82) is 0 Å². The van der Waals surface area contributed by atoms with Gasteiger partial charge < -0.3 is 15.0 Å². The summed E-state index contributed by atoms with van der Waals surface area (Å²) in [5, 5.41) is 2.39. The molecule has 0 aromatic heterocycles. The second-order valence-electron chi connectivity index (χ2n) is 4.84. The van der Waals surface area contributed by atoms with E-state index in [2.05, 4.69) is 5.32 Å². The van der Waals surface area contributed by atoms with Crippen LogP contribution in [0.1, 0.15) is 0 Å². The van der Waals surface area contributed by atoms with Gasteiger partial charge in [-0.05, 0) is 36.4 Å². The number of carbonyl (C=O) groups is 1. The third-order valence-electron chi connectivity index (χ3n) is 2.85. The standard InChI is InChI=1S/C16H15F3N2O2/c1-21(11-16(17,18)19)15(22)20-12-7-9-14(10-8-12)23-13-5-3-2-4-6-13/h2-10H,11H2,1H3,(H,20,22). The summed E-state index contributed by atoms with van der Waals surface area (Å²) in [6.45, 7) is -1.31. The Hall–Kier alpha value is -2.70. The Labute approximate surface area is 131 Å². The average Bonchev–Trinajstić information content (AvgIpc) is 2.48. The van der Waals surface area contributed by atoms with E-state index in [4.69, 9.17) is 4.74 Å². The summed E-state index contributed by atoms with van der Waals surface area (Å²) in [5.74, 6) is 1.21. The van der Waals surface area contributed by atoms with Crippen LogP contribution in [0, 0.1) is 0 Å². The number of hydrogen-bond acceptors (Lipinski definition) is 2. The fourth-order valence-corrected chi connectivity index (χ4v) is 1.79. The Morgan fingerprint density at radius 3 is 2.17 bits per heavy atom. The zero-order valence-corrected chi connectivity index (χ0v) is 12.3. The molecule has 122 valence electrons. The molecule has 0 atom stereocenters. The first-order chi connectivity index (χ1) is 10.8. The van der Waals surface area contributed by atoms with Crippen molar-refractivity contribution in [2.75, 3.05) is 18.9 Å². The zero-order chi connectivity index (χ0) is 16.9. The Morgan fingerprint density at radius 1 is 1.04 bits per heavy atom.